The van der Waals surface area contributed by atoms with Gasteiger partial charge in [0.15, 0.2) is 0 Å². The molecule has 10 heteroatoms. The van der Waals surface area contributed by atoms with Gasteiger partial charge in [-0.3, -0.25) is 4.90 Å². The molecule has 1 amide bonds. The van der Waals surface area contributed by atoms with E-state index in [9.17, 15) is 18.7 Å². The molecule has 0 bridgehead atoms. The van der Waals surface area contributed by atoms with Crippen LogP contribution >= 0.6 is 0 Å². The number of alkyl halides is 2. The molecule has 0 atom stereocenters. The van der Waals surface area contributed by atoms with Gasteiger partial charge in [0.25, 0.3) is 5.95 Å². The first-order valence-electron chi connectivity index (χ1n) is 10.3. The van der Waals surface area contributed by atoms with Crippen LogP contribution in [0.1, 0.15) is 49.2 Å². The molecule has 0 aromatic carbocycles. The first-order chi connectivity index (χ1) is 14.7. The van der Waals surface area contributed by atoms with Crippen molar-refractivity contribution in [3.8, 4) is 5.95 Å². The van der Waals surface area contributed by atoms with E-state index in [2.05, 4.69) is 15.1 Å². The third-order valence-electron chi connectivity index (χ3n) is 5.64. The van der Waals surface area contributed by atoms with Gasteiger partial charge in [-0.25, -0.2) is 23.2 Å². The van der Waals surface area contributed by atoms with Gasteiger partial charge in [-0.05, 0) is 44.7 Å². The van der Waals surface area contributed by atoms with E-state index in [0.29, 0.717) is 18.9 Å². The number of hydrogen-bond donors (Lipinski definition) is 1. The number of amides is 1. The topological polar surface area (TPSA) is 93.4 Å². The Hall–Kier alpha value is -2.88. The molecule has 166 valence electrons. The van der Waals surface area contributed by atoms with Crippen LogP contribution in [-0.4, -0.2) is 56.1 Å². The van der Waals surface area contributed by atoms with E-state index in [0.717, 1.165) is 28.3 Å². The minimum atomic E-state index is -2.75. The molecule has 0 unspecified atom stereocenters. The van der Waals surface area contributed by atoms with Crippen LogP contribution in [0.15, 0.2) is 18.2 Å². The van der Waals surface area contributed by atoms with Crippen molar-refractivity contribution in [2.24, 2.45) is 0 Å². The van der Waals surface area contributed by atoms with E-state index in [4.69, 9.17) is 4.74 Å². The van der Waals surface area contributed by atoms with E-state index < -0.39 is 18.1 Å². The maximum atomic E-state index is 13.7. The molecule has 31 heavy (non-hydrogen) atoms. The lowest BCUT2D eigenvalue weighted by Crippen LogP contribution is -2.44. The van der Waals surface area contributed by atoms with Gasteiger partial charge in [0, 0.05) is 30.6 Å². The molecule has 0 radical (unpaired) electrons. The van der Waals surface area contributed by atoms with Crippen molar-refractivity contribution in [3.63, 3.8) is 0 Å². The summed E-state index contributed by atoms with van der Waals surface area (Å²) in [7, 11) is 0. The van der Waals surface area contributed by atoms with Crippen LogP contribution in [0.4, 0.5) is 19.4 Å². The third kappa shape index (κ3) is 4.58. The molecule has 1 fully saturated rings. The van der Waals surface area contributed by atoms with Crippen molar-refractivity contribution < 1.29 is 23.4 Å². The minimum absolute atomic E-state index is 0.0691. The molecule has 2 aromatic rings. The van der Waals surface area contributed by atoms with Gasteiger partial charge in [-0.1, -0.05) is 6.08 Å². The van der Waals surface area contributed by atoms with Crippen molar-refractivity contribution in [1.29, 1.82) is 0 Å². The molecule has 0 saturated heterocycles. The van der Waals surface area contributed by atoms with E-state index in [1.165, 1.54) is 0 Å². The van der Waals surface area contributed by atoms with Gasteiger partial charge < -0.3 is 9.84 Å². The zero-order valence-corrected chi connectivity index (χ0v) is 17.5. The largest absolute Gasteiger partial charge is 0.465 e. The maximum Gasteiger partial charge on any atom is 0.413 e. The Morgan fingerprint density at radius 3 is 2.58 bits per heavy atom. The summed E-state index contributed by atoms with van der Waals surface area (Å²) < 4.78 is 34.4. The molecule has 3 heterocycles. The molecule has 8 nitrogen and oxygen atoms in total. The molecule has 4 rings (SSSR count). The third-order valence-corrected chi connectivity index (χ3v) is 5.64. The number of halogens is 2. The molecule has 1 aliphatic heterocycles. The van der Waals surface area contributed by atoms with E-state index in [-0.39, 0.29) is 37.4 Å². The highest BCUT2D eigenvalue weighted by atomic mass is 19.3. The second-order valence-electron chi connectivity index (χ2n) is 8.06. The normalized spacial score (nSPS) is 19.2. The number of hydrogen-bond acceptors (Lipinski definition) is 5. The molecule has 1 saturated carbocycles. The summed E-state index contributed by atoms with van der Waals surface area (Å²) in [5.41, 5.74) is 2.95. The average molecular weight is 433 g/mol. The lowest BCUT2D eigenvalue weighted by atomic mass is 9.91. The standard InChI is InChI=1S/C21H25F2N5O3/c1-13-10-14(2)28(26-13)19-24-17(15-4-3-9-31-12-15)11-18(25-19)27(20(29)30)16-5-7-21(22,23)8-6-16/h4,10-11,16H,3,5-9,12H2,1-2H3,(H,29,30). The summed E-state index contributed by atoms with van der Waals surface area (Å²) in [6, 6.07) is 2.89. The van der Waals surface area contributed by atoms with E-state index in [1.54, 1.807) is 10.7 Å². The van der Waals surface area contributed by atoms with Gasteiger partial charge in [-0.2, -0.15) is 10.1 Å². The highest BCUT2D eigenvalue weighted by Gasteiger charge is 2.39. The number of aryl methyl sites for hydroxylation is 2. The lowest BCUT2D eigenvalue weighted by molar-refractivity contribution is -0.0379. The van der Waals surface area contributed by atoms with Crippen molar-refractivity contribution >= 4 is 17.5 Å². The van der Waals surface area contributed by atoms with Crippen molar-refractivity contribution in [3.05, 3.63) is 35.3 Å². The number of carbonyl (C=O) groups is 1. The Bertz CT molecular complexity index is 1010. The summed E-state index contributed by atoms with van der Waals surface area (Å²) in [5, 5.41) is 14.4. The minimum Gasteiger partial charge on any atom is -0.465 e. The zero-order valence-electron chi connectivity index (χ0n) is 17.5. The van der Waals surface area contributed by atoms with Crippen LogP contribution in [0.3, 0.4) is 0 Å². The monoisotopic (exact) mass is 433 g/mol. The fourth-order valence-electron chi connectivity index (χ4n) is 4.10. The first kappa shape index (κ1) is 21.4. The Morgan fingerprint density at radius 2 is 2.00 bits per heavy atom. The summed E-state index contributed by atoms with van der Waals surface area (Å²) >= 11 is 0. The number of nitrogens with zero attached hydrogens (tertiary/aromatic N) is 5. The summed E-state index contributed by atoms with van der Waals surface area (Å²) in [6.07, 6.45) is 0.954. The van der Waals surface area contributed by atoms with Crippen molar-refractivity contribution in [2.45, 2.75) is 57.9 Å². The fourth-order valence-corrected chi connectivity index (χ4v) is 4.10. The Morgan fingerprint density at radius 1 is 1.26 bits per heavy atom. The van der Waals surface area contributed by atoms with E-state index in [1.807, 2.05) is 26.0 Å². The van der Waals surface area contributed by atoms with Crippen LogP contribution in [0.5, 0.6) is 0 Å². The molecule has 1 aliphatic carbocycles. The van der Waals surface area contributed by atoms with Crippen LogP contribution in [0, 0.1) is 13.8 Å². The number of anilines is 1. The summed E-state index contributed by atoms with van der Waals surface area (Å²) in [6.45, 7) is 4.67. The first-order valence-corrected chi connectivity index (χ1v) is 10.3. The van der Waals surface area contributed by atoms with Crippen LogP contribution in [-0.2, 0) is 4.74 Å². The quantitative estimate of drug-likeness (QED) is 0.779. The van der Waals surface area contributed by atoms with Crippen LogP contribution in [0.25, 0.3) is 11.5 Å². The molecule has 2 aromatic heterocycles. The number of carboxylic acid groups (broad SMARTS) is 1. The predicted octanol–water partition coefficient (Wildman–Crippen LogP) is 4.15. The van der Waals surface area contributed by atoms with Gasteiger partial charge >= 0.3 is 6.09 Å². The second kappa shape index (κ2) is 8.33. The second-order valence-corrected chi connectivity index (χ2v) is 8.06. The van der Waals surface area contributed by atoms with Crippen LogP contribution in [0.2, 0.25) is 0 Å². The van der Waals surface area contributed by atoms with Crippen molar-refractivity contribution in [2.75, 3.05) is 18.1 Å². The van der Waals surface area contributed by atoms with E-state index >= 15 is 0 Å². The number of rotatable bonds is 4. The lowest BCUT2D eigenvalue weighted by Gasteiger charge is -2.34. The molecule has 2 aliphatic rings. The van der Waals surface area contributed by atoms with Gasteiger partial charge in [0.05, 0.1) is 24.6 Å². The average Bonchev–Trinajstić information content (AvgIpc) is 3.08. The van der Waals surface area contributed by atoms with Gasteiger partial charge in [-0.15, -0.1) is 0 Å². The molecule has 0 spiro atoms. The van der Waals surface area contributed by atoms with Crippen LogP contribution < -0.4 is 4.90 Å². The van der Waals surface area contributed by atoms with Crippen molar-refractivity contribution in [1.82, 2.24) is 19.7 Å². The number of ether oxygens (including phenoxy) is 1. The Kier molecular flexibility index (Phi) is 5.74. The zero-order chi connectivity index (χ0) is 22.2. The Balaban J connectivity index is 1.79. The smallest absolute Gasteiger partial charge is 0.413 e. The highest BCUT2D eigenvalue weighted by molar-refractivity contribution is 5.86. The summed E-state index contributed by atoms with van der Waals surface area (Å²) in [4.78, 5) is 22.4. The summed E-state index contributed by atoms with van der Waals surface area (Å²) in [5.74, 6) is -2.37. The molecule has 1 N–H and O–H groups in total. The SMILES string of the molecule is Cc1cc(C)n(-c2nc(C3=CCCOC3)cc(N(C(=O)O)C3CCC(F)(F)CC3)n2)n1. The van der Waals surface area contributed by atoms with Gasteiger partial charge in [0.2, 0.25) is 5.92 Å². The highest BCUT2D eigenvalue weighted by Crippen LogP contribution is 2.37. The number of aromatic nitrogens is 4. The Labute approximate surface area is 178 Å². The maximum absolute atomic E-state index is 13.7. The predicted molar refractivity (Wildman–Crippen MR) is 110 cm³/mol. The molecular formula is C21H25F2N5O3. The molecular weight excluding hydrogens is 408 g/mol. The fraction of sp³-hybridized carbons (Fsp3) is 0.524. The van der Waals surface area contributed by atoms with Gasteiger partial charge in [0.1, 0.15) is 5.82 Å².